The van der Waals surface area contributed by atoms with Gasteiger partial charge < -0.3 is 10.1 Å². The summed E-state index contributed by atoms with van der Waals surface area (Å²) in [5, 5.41) is 11.9. The summed E-state index contributed by atoms with van der Waals surface area (Å²) in [5.41, 5.74) is 3.35. The number of rotatable bonds is 5. The number of benzene rings is 2. The first kappa shape index (κ1) is 13.0. The zero-order valence-electron chi connectivity index (χ0n) is 10.9. The van der Waals surface area contributed by atoms with Crippen molar-refractivity contribution in [2.75, 3.05) is 11.9 Å². The maximum absolute atomic E-state index is 8.56. The van der Waals surface area contributed by atoms with Crippen LogP contribution in [0.25, 0.3) is 0 Å². The molecule has 2 aromatic rings. The van der Waals surface area contributed by atoms with Gasteiger partial charge in [0, 0.05) is 17.8 Å². The zero-order valence-corrected chi connectivity index (χ0v) is 10.9. The number of nitrogens with one attached hydrogen (secondary N) is 1. The maximum Gasteiger partial charge on any atom is 0.174 e. The van der Waals surface area contributed by atoms with Crippen LogP contribution < -0.4 is 10.1 Å². The molecule has 0 radical (unpaired) electrons. The number of anilines is 1. The van der Waals surface area contributed by atoms with Gasteiger partial charge in [-0.15, -0.1) is 0 Å². The molecule has 0 bridgehead atoms. The third kappa shape index (κ3) is 3.75. The molecule has 0 saturated heterocycles. The number of nitriles is 1. The molecule has 0 atom stereocenters. The predicted octanol–water partition coefficient (Wildman–Crippen LogP) is 3.51. The monoisotopic (exact) mass is 252 g/mol. The predicted molar refractivity (Wildman–Crippen MR) is 76.1 cm³/mol. The van der Waals surface area contributed by atoms with Crippen LogP contribution in [0.1, 0.15) is 11.1 Å². The fourth-order valence-electron chi connectivity index (χ4n) is 1.77. The normalized spacial score (nSPS) is 9.68. The minimum atomic E-state index is 0.0710. The zero-order chi connectivity index (χ0) is 13.5. The lowest BCUT2D eigenvalue weighted by Gasteiger charge is -2.11. The Morgan fingerprint density at radius 1 is 1.11 bits per heavy atom. The highest BCUT2D eigenvalue weighted by Gasteiger charge is 2.02. The summed E-state index contributed by atoms with van der Waals surface area (Å²) in [6.07, 6.45) is 0. The van der Waals surface area contributed by atoms with Crippen LogP contribution >= 0.6 is 0 Å². The molecule has 0 aliphatic rings. The minimum absolute atomic E-state index is 0.0710. The van der Waals surface area contributed by atoms with Crippen LogP contribution in [-0.4, -0.2) is 6.61 Å². The van der Waals surface area contributed by atoms with Gasteiger partial charge in [-0.1, -0.05) is 35.9 Å². The number of aryl methyl sites for hydroxylation is 1. The second-order valence-corrected chi connectivity index (χ2v) is 4.27. The molecule has 96 valence electrons. The van der Waals surface area contributed by atoms with E-state index in [9.17, 15) is 0 Å². The fraction of sp³-hybridized carbons (Fsp3) is 0.188. The maximum atomic E-state index is 8.56. The van der Waals surface area contributed by atoms with Gasteiger partial charge in [0.1, 0.15) is 11.8 Å². The summed E-state index contributed by atoms with van der Waals surface area (Å²) >= 11 is 0. The molecular formula is C16H16N2O. The van der Waals surface area contributed by atoms with Crippen molar-refractivity contribution in [2.24, 2.45) is 0 Å². The number of para-hydroxylation sites is 1. The summed E-state index contributed by atoms with van der Waals surface area (Å²) in [6, 6.07) is 18.0. The number of hydrogen-bond acceptors (Lipinski definition) is 3. The molecule has 1 N–H and O–H groups in total. The summed E-state index contributed by atoms with van der Waals surface area (Å²) in [4.78, 5) is 0. The van der Waals surface area contributed by atoms with E-state index in [0.717, 1.165) is 17.0 Å². The lowest BCUT2D eigenvalue weighted by Crippen LogP contribution is -2.03. The molecule has 0 aromatic heterocycles. The van der Waals surface area contributed by atoms with Gasteiger partial charge in [-0.05, 0) is 25.1 Å². The van der Waals surface area contributed by atoms with Crippen molar-refractivity contribution >= 4 is 5.69 Å². The van der Waals surface area contributed by atoms with Crippen LogP contribution in [0.2, 0.25) is 0 Å². The molecule has 0 amide bonds. The number of ether oxygens (including phenoxy) is 1. The van der Waals surface area contributed by atoms with Gasteiger partial charge in [0.2, 0.25) is 0 Å². The molecule has 0 spiro atoms. The van der Waals surface area contributed by atoms with Gasteiger partial charge in [0.15, 0.2) is 6.61 Å². The van der Waals surface area contributed by atoms with E-state index in [-0.39, 0.29) is 6.61 Å². The summed E-state index contributed by atoms with van der Waals surface area (Å²) in [5.74, 6) is 0.753. The lowest BCUT2D eigenvalue weighted by atomic mass is 10.2. The fourth-order valence-corrected chi connectivity index (χ4v) is 1.77. The van der Waals surface area contributed by atoms with Crippen molar-refractivity contribution in [1.29, 1.82) is 5.26 Å². The summed E-state index contributed by atoms with van der Waals surface area (Å²) in [6.45, 7) is 2.81. The smallest absolute Gasteiger partial charge is 0.174 e. The molecular weight excluding hydrogens is 236 g/mol. The topological polar surface area (TPSA) is 45.0 Å². The average Bonchev–Trinajstić information content (AvgIpc) is 2.45. The summed E-state index contributed by atoms with van der Waals surface area (Å²) in [7, 11) is 0. The molecule has 0 unspecified atom stereocenters. The van der Waals surface area contributed by atoms with Crippen molar-refractivity contribution in [3.05, 3.63) is 59.7 Å². The van der Waals surface area contributed by atoms with E-state index < -0.39 is 0 Å². The highest BCUT2D eigenvalue weighted by atomic mass is 16.5. The highest BCUT2D eigenvalue weighted by Crippen LogP contribution is 2.19. The Labute approximate surface area is 113 Å². The van der Waals surface area contributed by atoms with Crippen LogP contribution in [-0.2, 0) is 6.54 Å². The Morgan fingerprint density at radius 2 is 1.84 bits per heavy atom. The molecule has 0 aliphatic carbocycles. The first-order chi connectivity index (χ1) is 9.29. The largest absolute Gasteiger partial charge is 0.478 e. The standard InChI is InChI=1S/C16H16N2O/c1-13-6-8-15(9-7-13)18-12-14-4-2-3-5-16(14)19-11-10-17/h2-9,18H,11-12H2,1H3. The third-order valence-corrected chi connectivity index (χ3v) is 2.80. The van der Waals surface area contributed by atoms with Crippen molar-refractivity contribution in [3.8, 4) is 11.8 Å². The van der Waals surface area contributed by atoms with Crippen LogP contribution in [0.15, 0.2) is 48.5 Å². The van der Waals surface area contributed by atoms with Gasteiger partial charge in [-0.2, -0.15) is 5.26 Å². The van der Waals surface area contributed by atoms with Crippen LogP contribution in [0, 0.1) is 18.3 Å². The summed E-state index contributed by atoms with van der Waals surface area (Å²) < 4.78 is 5.39. The molecule has 3 heteroatoms. The minimum Gasteiger partial charge on any atom is -0.478 e. The Balaban J connectivity index is 2.03. The first-order valence-electron chi connectivity index (χ1n) is 6.18. The second-order valence-electron chi connectivity index (χ2n) is 4.27. The van der Waals surface area contributed by atoms with E-state index >= 15 is 0 Å². The molecule has 0 heterocycles. The molecule has 3 nitrogen and oxygen atoms in total. The Morgan fingerprint density at radius 3 is 2.58 bits per heavy atom. The SMILES string of the molecule is Cc1ccc(NCc2ccccc2OCC#N)cc1. The van der Waals surface area contributed by atoms with Crippen LogP contribution in [0.5, 0.6) is 5.75 Å². The van der Waals surface area contributed by atoms with Crippen molar-refractivity contribution < 1.29 is 4.74 Å². The second kappa shape index (κ2) is 6.46. The first-order valence-corrected chi connectivity index (χ1v) is 6.18. The van der Waals surface area contributed by atoms with Gasteiger partial charge >= 0.3 is 0 Å². The van der Waals surface area contributed by atoms with Crippen LogP contribution in [0.3, 0.4) is 0 Å². The van der Waals surface area contributed by atoms with E-state index in [4.69, 9.17) is 10.00 Å². The van der Waals surface area contributed by atoms with Crippen molar-refractivity contribution in [3.63, 3.8) is 0 Å². The van der Waals surface area contributed by atoms with E-state index in [1.807, 2.05) is 42.5 Å². The lowest BCUT2D eigenvalue weighted by molar-refractivity contribution is 0.364. The third-order valence-electron chi connectivity index (χ3n) is 2.80. The Hall–Kier alpha value is -2.47. The van der Waals surface area contributed by atoms with Gasteiger partial charge in [-0.3, -0.25) is 0 Å². The molecule has 2 rings (SSSR count). The molecule has 0 aliphatic heterocycles. The van der Waals surface area contributed by atoms with Gasteiger partial charge in [-0.25, -0.2) is 0 Å². The van der Waals surface area contributed by atoms with E-state index in [1.54, 1.807) is 0 Å². The van der Waals surface area contributed by atoms with E-state index in [0.29, 0.717) is 6.54 Å². The van der Waals surface area contributed by atoms with E-state index in [1.165, 1.54) is 5.56 Å². The van der Waals surface area contributed by atoms with Gasteiger partial charge in [0.25, 0.3) is 0 Å². The molecule has 19 heavy (non-hydrogen) atoms. The highest BCUT2D eigenvalue weighted by molar-refractivity contribution is 5.46. The van der Waals surface area contributed by atoms with Gasteiger partial charge in [0.05, 0.1) is 0 Å². The number of hydrogen-bond donors (Lipinski definition) is 1. The van der Waals surface area contributed by atoms with Crippen molar-refractivity contribution in [1.82, 2.24) is 0 Å². The Kier molecular flexibility index (Phi) is 4.41. The molecule has 0 fully saturated rings. The van der Waals surface area contributed by atoms with Crippen LogP contribution in [0.4, 0.5) is 5.69 Å². The van der Waals surface area contributed by atoms with E-state index in [2.05, 4.69) is 24.4 Å². The Bertz CT molecular complexity index is 570. The van der Waals surface area contributed by atoms with Crippen molar-refractivity contribution in [2.45, 2.75) is 13.5 Å². The number of nitrogens with zero attached hydrogens (tertiary/aromatic N) is 1. The quantitative estimate of drug-likeness (QED) is 0.885. The average molecular weight is 252 g/mol. The molecule has 2 aromatic carbocycles. The molecule has 0 saturated carbocycles.